The van der Waals surface area contributed by atoms with Crippen LogP contribution < -0.4 is 5.32 Å². The first-order valence-corrected chi connectivity index (χ1v) is 8.99. The molecule has 0 bridgehead atoms. The Morgan fingerprint density at radius 2 is 2.28 bits per heavy atom. The quantitative estimate of drug-likeness (QED) is 0.584. The standard InChI is InChI=1S/C18H21ClFN3O2/c19-5-1-6-21-18(25)13-8-17(24)23(11-13)7-4-12-10-22-16-3-2-14(20)9-15(12)16/h2-3,9-10,13,22H,1,4-8,11H2,(H,21,25)/t13-/m1/s1. The van der Waals surface area contributed by atoms with Gasteiger partial charge in [0.15, 0.2) is 0 Å². The van der Waals surface area contributed by atoms with Crippen molar-refractivity contribution in [3.05, 3.63) is 35.8 Å². The molecule has 2 N–H and O–H groups in total. The van der Waals surface area contributed by atoms with Crippen molar-refractivity contribution < 1.29 is 14.0 Å². The number of nitrogens with zero attached hydrogens (tertiary/aromatic N) is 1. The van der Waals surface area contributed by atoms with Crippen molar-refractivity contribution in [2.45, 2.75) is 19.3 Å². The lowest BCUT2D eigenvalue weighted by molar-refractivity contribution is -0.129. The van der Waals surface area contributed by atoms with Crippen molar-refractivity contribution in [3.63, 3.8) is 0 Å². The summed E-state index contributed by atoms with van der Waals surface area (Å²) >= 11 is 5.59. The van der Waals surface area contributed by atoms with E-state index in [1.54, 1.807) is 11.0 Å². The predicted molar refractivity (Wildman–Crippen MR) is 95.0 cm³/mol. The molecule has 25 heavy (non-hydrogen) atoms. The van der Waals surface area contributed by atoms with Gasteiger partial charge >= 0.3 is 0 Å². The van der Waals surface area contributed by atoms with Gasteiger partial charge in [0, 0.05) is 49.0 Å². The molecular weight excluding hydrogens is 345 g/mol. The number of likely N-dealkylation sites (tertiary alicyclic amines) is 1. The molecule has 1 atom stereocenters. The molecule has 0 spiro atoms. The summed E-state index contributed by atoms with van der Waals surface area (Å²) in [6, 6.07) is 4.62. The monoisotopic (exact) mass is 365 g/mol. The molecule has 1 aliphatic heterocycles. The van der Waals surface area contributed by atoms with E-state index in [0.29, 0.717) is 31.9 Å². The highest BCUT2D eigenvalue weighted by Gasteiger charge is 2.33. The van der Waals surface area contributed by atoms with Crippen LogP contribution in [0.4, 0.5) is 4.39 Å². The van der Waals surface area contributed by atoms with Gasteiger partial charge in [-0.25, -0.2) is 4.39 Å². The molecule has 2 amide bonds. The molecule has 134 valence electrons. The summed E-state index contributed by atoms with van der Waals surface area (Å²) in [6.45, 7) is 1.49. The number of halogens is 2. The molecule has 1 aliphatic rings. The molecule has 3 rings (SSSR count). The maximum atomic E-state index is 13.4. The molecule has 1 aromatic heterocycles. The third-order valence-corrected chi connectivity index (χ3v) is 4.84. The first-order chi connectivity index (χ1) is 12.1. The fourth-order valence-electron chi connectivity index (χ4n) is 3.20. The number of fused-ring (bicyclic) bond motifs is 1. The first kappa shape index (κ1) is 17.7. The Morgan fingerprint density at radius 3 is 3.08 bits per heavy atom. The molecule has 0 aliphatic carbocycles. The van der Waals surface area contributed by atoms with E-state index in [0.717, 1.165) is 22.9 Å². The van der Waals surface area contributed by atoms with Crippen LogP contribution in [-0.2, 0) is 16.0 Å². The SMILES string of the molecule is O=C(NCCCCl)[C@@H]1CC(=O)N(CCc2c[nH]c3ccc(F)cc23)C1. The van der Waals surface area contributed by atoms with Gasteiger partial charge in [0.1, 0.15) is 5.82 Å². The highest BCUT2D eigenvalue weighted by molar-refractivity contribution is 6.17. The van der Waals surface area contributed by atoms with Crippen LogP contribution in [-0.4, -0.2) is 47.2 Å². The number of benzene rings is 1. The average Bonchev–Trinajstić information content (AvgIpc) is 3.16. The summed E-state index contributed by atoms with van der Waals surface area (Å²) in [5, 5.41) is 3.65. The zero-order valence-electron chi connectivity index (χ0n) is 13.9. The number of carbonyl (C=O) groups is 2. The second-order valence-electron chi connectivity index (χ2n) is 6.33. The topological polar surface area (TPSA) is 65.2 Å². The van der Waals surface area contributed by atoms with Crippen LogP contribution in [0, 0.1) is 11.7 Å². The largest absolute Gasteiger partial charge is 0.361 e. The minimum Gasteiger partial charge on any atom is -0.361 e. The summed E-state index contributed by atoms with van der Waals surface area (Å²) in [5.41, 5.74) is 1.85. The van der Waals surface area contributed by atoms with Gasteiger partial charge in [-0.3, -0.25) is 9.59 Å². The Kier molecular flexibility index (Phi) is 5.58. The van der Waals surface area contributed by atoms with Crippen LogP contribution in [0.15, 0.2) is 24.4 Å². The maximum Gasteiger partial charge on any atom is 0.225 e. The zero-order valence-corrected chi connectivity index (χ0v) is 14.6. The number of carbonyl (C=O) groups excluding carboxylic acids is 2. The van der Waals surface area contributed by atoms with Crippen LogP contribution in [0.2, 0.25) is 0 Å². The molecule has 2 aromatic rings. The summed E-state index contributed by atoms with van der Waals surface area (Å²) < 4.78 is 13.4. The molecule has 7 heteroatoms. The van der Waals surface area contributed by atoms with Gasteiger partial charge in [-0.1, -0.05) is 0 Å². The molecule has 0 radical (unpaired) electrons. The van der Waals surface area contributed by atoms with Gasteiger partial charge in [0.05, 0.1) is 5.92 Å². The predicted octanol–water partition coefficient (Wildman–Crippen LogP) is 2.44. The Morgan fingerprint density at radius 1 is 1.44 bits per heavy atom. The number of nitrogens with one attached hydrogen (secondary N) is 2. The number of rotatable bonds is 7. The third-order valence-electron chi connectivity index (χ3n) is 4.58. The Hall–Kier alpha value is -2.08. The van der Waals surface area contributed by atoms with Crippen LogP contribution in [0.1, 0.15) is 18.4 Å². The van der Waals surface area contributed by atoms with Gasteiger partial charge < -0.3 is 15.2 Å². The summed E-state index contributed by atoms with van der Waals surface area (Å²) in [5.74, 6) is -0.178. The van der Waals surface area contributed by atoms with E-state index in [2.05, 4.69) is 10.3 Å². The van der Waals surface area contributed by atoms with Crippen molar-refractivity contribution in [3.8, 4) is 0 Å². The van der Waals surface area contributed by atoms with Crippen LogP contribution >= 0.6 is 11.6 Å². The minimum absolute atomic E-state index is 0.0106. The number of amides is 2. The second-order valence-corrected chi connectivity index (χ2v) is 6.71. The van der Waals surface area contributed by atoms with Gasteiger partial charge in [-0.15, -0.1) is 11.6 Å². The summed E-state index contributed by atoms with van der Waals surface area (Å²) in [4.78, 5) is 29.1. The lowest BCUT2D eigenvalue weighted by Gasteiger charge is -2.16. The summed E-state index contributed by atoms with van der Waals surface area (Å²) in [6.07, 6.45) is 3.43. The Labute approximate surface area is 150 Å². The Bertz CT molecular complexity index is 777. The zero-order chi connectivity index (χ0) is 17.8. The number of H-pyrrole nitrogens is 1. The van der Waals surface area contributed by atoms with Crippen LogP contribution in [0.3, 0.4) is 0 Å². The van der Waals surface area contributed by atoms with E-state index in [-0.39, 0.29) is 30.0 Å². The average molecular weight is 366 g/mol. The molecular formula is C18H21ClFN3O2. The van der Waals surface area contributed by atoms with Crippen molar-refractivity contribution in [1.29, 1.82) is 0 Å². The van der Waals surface area contributed by atoms with E-state index in [9.17, 15) is 14.0 Å². The third kappa shape index (κ3) is 4.12. The lowest BCUT2D eigenvalue weighted by Crippen LogP contribution is -2.34. The molecule has 0 unspecified atom stereocenters. The van der Waals surface area contributed by atoms with Crippen molar-refractivity contribution >= 4 is 34.3 Å². The van der Waals surface area contributed by atoms with E-state index in [1.807, 2.05) is 6.20 Å². The van der Waals surface area contributed by atoms with E-state index in [4.69, 9.17) is 11.6 Å². The number of alkyl halides is 1. The lowest BCUT2D eigenvalue weighted by atomic mass is 10.1. The first-order valence-electron chi connectivity index (χ1n) is 8.45. The number of hydrogen-bond acceptors (Lipinski definition) is 2. The van der Waals surface area contributed by atoms with Crippen LogP contribution in [0.25, 0.3) is 10.9 Å². The summed E-state index contributed by atoms with van der Waals surface area (Å²) in [7, 11) is 0. The molecule has 2 heterocycles. The van der Waals surface area contributed by atoms with Gasteiger partial charge in [-0.05, 0) is 36.6 Å². The van der Waals surface area contributed by atoms with Crippen molar-refractivity contribution in [1.82, 2.24) is 15.2 Å². The van der Waals surface area contributed by atoms with Crippen LogP contribution in [0.5, 0.6) is 0 Å². The molecule has 5 nitrogen and oxygen atoms in total. The van der Waals surface area contributed by atoms with E-state index < -0.39 is 0 Å². The van der Waals surface area contributed by atoms with Crippen molar-refractivity contribution in [2.75, 3.05) is 25.5 Å². The fourth-order valence-corrected chi connectivity index (χ4v) is 3.33. The molecule has 1 fully saturated rings. The Balaban J connectivity index is 1.57. The number of aromatic amines is 1. The minimum atomic E-state index is -0.303. The molecule has 1 saturated heterocycles. The maximum absolute atomic E-state index is 13.4. The second kappa shape index (κ2) is 7.87. The van der Waals surface area contributed by atoms with Gasteiger partial charge in [0.2, 0.25) is 11.8 Å². The number of aromatic nitrogens is 1. The van der Waals surface area contributed by atoms with Crippen molar-refractivity contribution in [2.24, 2.45) is 5.92 Å². The highest BCUT2D eigenvalue weighted by Crippen LogP contribution is 2.22. The fraction of sp³-hybridized carbons (Fsp3) is 0.444. The normalized spacial score (nSPS) is 17.4. The molecule has 1 aromatic carbocycles. The molecule has 0 saturated carbocycles. The van der Waals surface area contributed by atoms with E-state index in [1.165, 1.54) is 12.1 Å². The van der Waals surface area contributed by atoms with E-state index >= 15 is 0 Å². The number of hydrogen-bond donors (Lipinski definition) is 2. The van der Waals surface area contributed by atoms with Gasteiger partial charge in [-0.2, -0.15) is 0 Å². The van der Waals surface area contributed by atoms with Gasteiger partial charge in [0.25, 0.3) is 0 Å². The smallest absolute Gasteiger partial charge is 0.225 e. The highest BCUT2D eigenvalue weighted by atomic mass is 35.5.